The fourth-order valence-electron chi connectivity index (χ4n) is 3.44. The average Bonchev–Trinajstić information content (AvgIpc) is 3.03. The zero-order valence-corrected chi connectivity index (χ0v) is 18.7. The van der Waals surface area contributed by atoms with Crippen LogP contribution in [0.5, 0.6) is 0 Å². The number of ether oxygens (including phenoxy) is 1. The Hall–Kier alpha value is -2.03. The molecule has 2 aromatic rings. The van der Waals surface area contributed by atoms with Crippen molar-refractivity contribution >= 4 is 41.2 Å². The van der Waals surface area contributed by atoms with Gasteiger partial charge >= 0.3 is 6.09 Å². The van der Waals surface area contributed by atoms with Crippen molar-refractivity contribution in [3.8, 4) is 5.69 Å². The van der Waals surface area contributed by atoms with Crippen molar-refractivity contribution in [1.82, 2.24) is 14.7 Å². The first kappa shape index (κ1) is 21.7. The summed E-state index contributed by atoms with van der Waals surface area (Å²) in [5, 5.41) is 7.86. The Morgan fingerprint density at radius 2 is 1.97 bits per heavy atom. The number of hydrogen-bond donors (Lipinski definition) is 1. The SMILES string of the molecule is [B]c1cc(F)cc(Br)c1-n1nc(C2CCN(C(=O)OC(C)(C)C)CC2)cc1NC. The van der Waals surface area contributed by atoms with Gasteiger partial charge in [0.2, 0.25) is 0 Å². The summed E-state index contributed by atoms with van der Waals surface area (Å²) in [6.07, 6.45) is 1.30. The van der Waals surface area contributed by atoms with Gasteiger partial charge in [-0.3, -0.25) is 0 Å². The molecule has 1 N–H and O–H groups in total. The van der Waals surface area contributed by atoms with Crippen molar-refractivity contribution in [3.05, 3.63) is 34.2 Å². The van der Waals surface area contributed by atoms with E-state index in [1.54, 1.807) is 16.6 Å². The van der Waals surface area contributed by atoms with Gasteiger partial charge in [-0.05, 0) is 61.7 Å². The predicted molar refractivity (Wildman–Crippen MR) is 116 cm³/mol. The molecule has 29 heavy (non-hydrogen) atoms. The molecule has 2 heterocycles. The molecule has 0 aliphatic carbocycles. The zero-order chi connectivity index (χ0) is 21.3. The molecule has 9 heteroatoms. The number of rotatable bonds is 3. The minimum atomic E-state index is -0.503. The van der Waals surface area contributed by atoms with E-state index in [1.807, 2.05) is 26.8 Å². The lowest BCUT2D eigenvalue weighted by Crippen LogP contribution is -2.41. The largest absolute Gasteiger partial charge is 0.444 e. The first-order valence-electron chi connectivity index (χ1n) is 9.59. The number of amides is 1. The van der Waals surface area contributed by atoms with Crippen LogP contribution < -0.4 is 10.8 Å². The topological polar surface area (TPSA) is 59.4 Å². The molecular weight excluding hydrogens is 438 g/mol. The Morgan fingerprint density at radius 1 is 1.31 bits per heavy atom. The quantitative estimate of drug-likeness (QED) is 0.706. The molecule has 2 radical (unpaired) electrons. The van der Waals surface area contributed by atoms with Crippen molar-refractivity contribution in [2.75, 3.05) is 25.5 Å². The highest BCUT2D eigenvalue weighted by molar-refractivity contribution is 9.10. The highest BCUT2D eigenvalue weighted by Crippen LogP contribution is 2.31. The number of carbonyl (C=O) groups is 1. The Kier molecular flexibility index (Phi) is 6.26. The molecule has 0 saturated carbocycles. The van der Waals surface area contributed by atoms with E-state index < -0.39 is 11.4 Å². The Morgan fingerprint density at radius 3 is 2.52 bits per heavy atom. The zero-order valence-electron chi connectivity index (χ0n) is 17.1. The number of benzene rings is 1. The Balaban J connectivity index is 1.78. The molecular formula is C20H25BBrFN4O2. The van der Waals surface area contributed by atoms with Gasteiger partial charge in [-0.2, -0.15) is 5.10 Å². The molecule has 0 atom stereocenters. The molecule has 1 aromatic carbocycles. The van der Waals surface area contributed by atoms with Gasteiger partial charge in [0.25, 0.3) is 0 Å². The van der Waals surface area contributed by atoms with E-state index >= 15 is 0 Å². The van der Waals surface area contributed by atoms with Crippen LogP contribution in [0.2, 0.25) is 0 Å². The van der Waals surface area contributed by atoms with Crippen LogP contribution in [0.25, 0.3) is 5.69 Å². The van der Waals surface area contributed by atoms with Crippen molar-refractivity contribution in [3.63, 3.8) is 0 Å². The van der Waals surface area contributed by atoms with Crippen LogP contribution in [0.3, 0.4) is 0 Å². The summed E-state index contributed by atoms with van der Waals surface area (Å²) in [5.41, 5.74) is 1.29. The van der Waals surface area contributed by atoms with E-state index in [0.29, 0.717) is 28.7 Å². The number of nitrogens with zero attached hydrogens (tertiary/aromatic N) is 3. The minimum Gasteiger partial charge on any atom is -0.444 e. The van der Waals surface area contributed by atoms with Crippen molar-refractivity contribution in [2.24, 2.45) is 0 Å². The fraction of sp³-hybridized carbons (Fsp3) is 0.500. The van der Waals surface area contributed by atoms with E-state index in [2.05, 4.69) is 21.2 Å². The van der Waals surface area contributed by atoms with Crippen LogP contribution in [0.4, 0.5) is 15.0 Å². The summed E-state index contributed by atoms with van der Waals surface area (Å²) in [6.45, 7) is 6.82. The standard InChI is InChI=1S/C20H25BBrFN4O2/c1-20(2,3)29-19(28)26-7-5-12(6-8-26)16-11-17(24-4)27(25-16)18-14(21)9-13(23)10-15(18)22/h9-12,24H,5-8H2,1-4H3. The fourth-order valence-corrected chi connectivity index (χ4v) is 4.06. The smallest absolute Gasteiger partial charge is 0.410 e. The molecule has 3 rings (SSSR count). The second-order valence-electron chi connectivity index (χ2n) is 8.18. The third-order valence-electron chi connectivity index (χ3n) is 4.82. The lowest BCUT2D eigenvalue weighted by Gasteiger charge is -2.32. The summed E-state index contributed by atoms with van der Waals surface area (Å²) in [5.74, 6) is 0.557. The molecule has 1 aliphatic rings. The molecule has 0 spiro atoms. The molecule has 0 bridgehead atoms. The number of halogens is 2. The summed E-state index contributed by atoms with van der Waals surface area (Å²) in [4.78, 5) is 14.0. The lowest BCUT2D eigenvalue weighted by atomic mass is 9.94. The Bertz CT molecular complexity index is 881. The molecule has 1 amide bonds. The van der Waals surface area contributed by atoms with E-state index in [1.165, 1.54) is 12.1 Å². The number of likely N-dealkylation sites (tertiary alicyclic amines) is 1. The second-order valence-corrected chi connectivity index (χ2v) is 9.04. The van der Waals surface area contributed by atoms with Crippen LogP contribution in [-0.4, -0.2) is 54.4 Å². The van der Waals surface area contributed by atoms with Crippen LogP contribution in [-0.2, 0) is 4.74 Å². The van der Waals surface area contributed by atoms with Gasteiger partial charge in [-0.1, -0.05) is 5.46 Å². The van der Waals surface area contributed by atoms with Crippen molar-refractivity contribution in [1.29, 1.82) is 0 Å². The molecule has 1 aliphatic heterocycles. The molecule has 1 fully saturated rings. The molecule has 1 saturated heterocycles. The first-order chi connectivity index (χ1) is 13.6. The number of piperidine rings is 1. The highest BCUT2D eigenvalue weighted by atomic mass is 79.9. The number of aromatic nitrogens is 2. The van der Waals surface area contributed by atoms with Crippen LogP contribution in [0.1, 0.15) is 45.2 Å². The van der Waals surface area contributed by atoms with Gasteiger partial charge in [-0.25, -0.2) is 13.9 Å². The Labute approximate surface area is 180 Å². The lowest BCUT2D eigenvalue weighted by molar-refractivity contribution is 0.0204. The number of hydrogen-bond acceptors (Lipinski definition) is 4. The van der Waals surface area contributed by atoms with Gasteiger partial charge in [0.05, 0.1) is 11.4 Å². The maximum absolute atomic E-state index is 13.6. The van der Waals surface area contributed by atoms with E-state index in [9.17, 15) is 9.18 Å². The summed E-state index contributed by atoms with van der Waals surface area (Å²) in [7, 11) is 7.85. The van der Waals surface area contributed by atoms with Crippen LogP contribution in [0, 0.1) is 5.82 Å². The number of anilines is 1. The van der Waals surface area contributed by atoms with E-state index in [-0.39, 0.29) is 12.0 Å². The highest BCUT2D eigenvalue weighted by Gasteiger charge is 2.29. The molecule has 6 nitrogen and oxygen atoms in total. The third-order valence-corrected chi connectivity index (χ3v) is 5.42. The average molecular weight is 463 g/mol. The second kappa shape index (κ2) is 8.38. The summed E-state index contributed by atoms with van der Waals surface area (Å²) >= 11 is 3.38. The molecule has 154 valence electrons. The van der Waals surface area contributed by atoms with Gasteiger partial charge in [0.15, 0.2) is 0 Å². The first-order valence-corrected chi connectivity index (χ1v) is 10.4. The molecule has 0 unspecified atom stereocenters. The third kappa shape index (κ3) is 4.94. The normalized spacial score (nSPS) is 15.4. The van der Waals surface area contributed by atoms with Crippen molar-refractivity contribution in [2.45, 2.75) is 45.1 Å². The molecule has 1 aromatic heterocycles. The van der Waals surface area contributed by atoms with Gasteiger partial charge in [0, 0.05) is 36.6 Å². The van der Waals surface area contributed by atoms with E-state index in [4.69, 9.17) is 17.7 Å². The maximum Gasteiger partial charge on any atom is 0.410 e. The summed E-state index contributed by atoms with van der Waals surface area (Å²) < 4.78 is 21.3. The minimum absolute atomic E-state index is 0.211. The van der Waals surface area contributed by atoms with Gasteiger partial charge < -0.3 is 15.0 Å². The van der Waals surface area contributed by atoms with Gasteiger partial charge in [0.1, 0.15) is 25.1 Å². The summed E-state index contributed by atoms with van der Waals surface area (Å²) in [6, 6.07) is 4.62. The maximum atomic E-state index is 13.6. The van der Waals surface area contributed by atoms with Crippen LogP contribution in [0.15, 0.2) is 22.7 Å². The van der Waals surface area contributed by atoms with E-state index in [0.717, 1.165) is 24.4 Å². The van der Waals surface area contributed by atoms with Crippen molar-refractivity contribution < 1.29 is 13.9 Å². The van der Waals surface area contributed by atoms with Crippen LogP contribution >= 0.6 is 15.9 Å². The van der Waals surface area contributed by atoms with Gasteiger partial charge in [-0.15, -0.1) is 0 Å². The monoisotopic (exact) mass is 462 g/mol. The predicted octanol–water partition coefficient (Wildman–Crippen LogP) is 3.72. The number of carbonyl (C=O) groups excluding carboxylic acids is 1. The number of nitrogens with one attached hydrogen (secondary N) is 1.